The van der Waals surface area contributed by atoms with Crippen LogP contribution in [0.1, 0.15) is 33.1 Å². The Labute approximate surface area is 58.3 Å². The molecule has 52 valence electrons. The number of hydrogen-bond donors (Lipinski definition) is 0. The highest BCUT2D eigenvalue weighted by Gasteiger charge is 1.70. The van der Waals surface area contributed by atoms with Gasteiger partial charge in [0.05, 0.1) is 0 Å². The minimum absolute atomic E-state index is 1.09. The molecule has 9 heavy (non-hydrogen) atoms. The average Bonchev–Trinajstić information content (AvgIpc) is 1.89. The molecule has 0 aromatic carbocycles. The van der Waals surface area contributed by atoms with Crippen molar-refractivity contribution in [2.45, 2.75) is 33.1 Å². The normalized spacial score (nSPS) is 11.8. The van der Waals surface area contributed by atoms with Crippen LogP contribution in [0.15, 0.2) is 24.3 Å². The fraction of sp³-hybridized carbons (Fsp3) is 0.556. The van der Waals surface area contributed by atoms with Crippen molar-refractivity contribution in [1.82, 2.24) is 0 Å². The molecule has 0 nitrogen and oxygen atoms in total. The first-order valence-electron chi connectivity index (χ1n) is 3.68. The molecule has 0 aliphatic heterocycles. The van der Waals surface area contributed by atoms with Gasteiger partial charge in [0, 0.05) is 0 Å². The molecule has 0 rings (SSSR count). The standard InChI is InChI=1S/C9H16/c1-3-5-7-9-8-6-4-2/h3,5,8-9H,4,6-7H2,1-2H3/b5-3-,9-8-. The first-order valence-corrected chi connectivity index (χ1v) is 3.68. The van der Waals surface area contributed by atoms with Crippen LogP contribution in [0.25, 0.3) is 0 Å². The predicted octanol–water partition coefficient (Wildman–Crippen LogP) is 3.31. The second-order valence-electron chi connectivity index (χ2n) is 2.06. The van der Waals surface area contributed by atoms with Gasteiger partial charge in [-0.3, -0.25) is 0 Å². The molecular formula is C9H16. The molecule has 0 saturated carbocycles. The van der Waals surface area contributed by atoms with E-state index in [1.807, 2.05) is 6.92 Å². The summed E-state index contributed by atoms with van der Waals surface area (Å²) in [6.45, 7) is 4.24. The lowest BCUT2D eigenvalue weighted by atomic mass is 10.3. The zero-order valence-corrected chi connectivity index (χ0v) is 6.43. The molecular weight excluding hydrogens is 108 g/mol. The third kappa shape index (κ3) is 7.48. The van der Waals surface area contributed by atoms with Crippen molar-refractivity contribution in [3.8, 4) is 0 Å². The summed E-state index contributed by atoms with van der Waals surface area (Å²) in [5, 5.41) is 0. The molecule has 0 aromatic heterocycles. The lowest BCUT2D eigenvalue weighted by Gasteiger charge is -1.81. The third-order valence-corrected chi connectivity index (χ3v) is 1.13. The zero-order chi connectivity index (χ0) is 6.95. The van der Waals surface area contributed by atoms with Crippen molar-refractivity contribution in [3.63, 3.8) is 0 Å². The van der Waals surface area contributed by atoms with Crippen molar-refractivity contribution < 1.29 is 0 Å². The molecule has 0 heteroatoms. The Hall–Kier alpha value is -0.520. The molecule has 0 bridgehead atoms. The van der Waals surface area contributed by atoms with E-state index < -0.39 is 0 Å². The van der Waals surface area contributed by atoms with Crippen LogP contribution in [0.3, 0.4) is 0 Å². The number of unbranched alkanes of at least 4 members (excludes halogenated alkanes) is 1. The van der Waals surface area contributed by atoms with Gasteiger partial charge in [-0.15, -0.1) is 0 Å². The zero-order valence-electron chi connectivity index (χ0n) is 6.43. The molecule has 0 aliphatic rings. The summed E-state index contributed by atoms with van der Waals surface area (Å²) < 4.78 is 0. The molecule has 0 N–H and O–H groups in total. The summed E-state index contributed by atoms with van der Waals surface area (Å²) in [5.41, 5.74) is 0. The Morgan fingerprint density at radius 2 is 1.89 bits per heavy atom. The van der Waals surface area contributed by atoms with E-state index in [4.69, 9.17) is 0 Å². The van der Waals surface area contributed by atoms with Gasteiger partial charge >= 0.3 is 0 Å². The van der Waals surface area contributed by atoms with Crippen molar-refractivity contribution in [3.05, 3.63) is 24.3 Å². The first-order chi connectivity index (χ1) is 4.41. The predicted molar refractivity (Wildman–Crippen MR) is 43.5 cm³/mol. The van der Waals surface area contributed by atoms with Gasteiger partial charge in [-0.05, 0) is 19.8 Å². The molecule has 0 saturated heterocycles. The summed E-state index contributed by atoms with van der Waals surface area (Å²) in [4.78, 5) is 0. The monoisotopic (exact) mass is 124 g/mol. The summed E-state index contributed by atoms with van der Waals surface area (Å²) in [7, 11) is 0. The van der Waals surface area contributed by atoms with E-state index in [9.17, 15) is 0 Å². The lowest BCUT2D eigenvalue weighted by molar-refractivity contribution is 0.954. The Morgan fingerprint density at radius 1 is 1.11 bits per heavy atom. The fourth-order valence-corrected chi connectivity index (χ4v) is 0.595. The largest absolute Gasteiger partial charge is 0.0914 e. The second-order valence-corrected chi connectivity index (χ2v) is 2.06. The highest BCUT2D eigenvalue weighted by Crippen LogP contribution is 1.91. The van der Waals surface area contributed by atoms with Gasteiger partial charge in [-0.2, -0.15) is 0 Å². The van der Waals surface area contributed by atoms with Crippen LogP contribution in [0.5, 0.6) is 0 Å². The Kier molecular flexibility index (Phi) is 7.05. The fourth-order valence-electron chi connectivity index (χ4n) is 0.595. The first kappa shape index (κ1) is 8.48. The van der Waals surface area contributed by atoms with E-state index in [1.165, 1.54) is 12.8 Å². The summed E-state index contributed by atoms with van der Waals surface area (Å²) in [5.74, 6) is 0. The highest BCUT2D eigenvalue weighted by atomic mass is 13.8. The van der Waals surface area contributed by atoms with Gasteiger partial charge in [0.2, 0.25) is 0 Å². The van der Waals surface area contributed by atoms with Crippen LogP contribution >= 0.6 is 0 Å². The number of rotatable bonds is 4. The van der Waals surface area contributed by atoms with Crippen LogP contribution in [-0.2, 0) is 0 Å². The van der Waals surface area contributed by atoms with Gasteiger partial charge < -0.3 is 0 Å². The van der Waals surface area contributed by atoms with E-state index in [1.54, 1.807) is 0 Å². The third-order valence-electron chi connectivity index (χ3n) is 1.13. The topological polar surface area (TPSA) is 0 Å². The average molecular weight is 124 g/mol. The molecule has 0 unspecified atom stereocenters. The van der Waals surface area contributed by atoms with Crippen molar-refractivity contribution in [1.29, 1.82) is 0 Å². The van der Waals surface area contributed by atoms with Crippen LogP contribution in [0, 0.1) is 0 Å². The molecule has 0 heterocycles. The van der Waals surface area contributed by atoms with Crippen LogP contribution in [0.4, 0.5) is 0 Å². The second kappa shape index (κ2) is 7.48. The van der Waals surface area contributed by atoms with Gasteiger partial charge in [-0.1, -0.05) is 37.6 Å². The SMILES string of the molecule is C/C=C\C/C=C\CCC. The van der Waals surface area contributed by atoms with Crippen LogP contribution in [0.2, 0.25) is 0 Å². The maximum atomic E-state index is 2.24. The van der Waals surface area contributed by atoms with Crippen molar-refractivity contribution in [2.75, 3.05) is 0 Å². The summed E-state index contributed by atoms with van der Waals surface area (Å²) >= 11 is 0. The Balaban J connectivity index is 3.04. The van der Waals surface area contributed by atoms with Crippen LogP contribution in [-0.4, -0.2) is 0 Å². The number of hydrogen-bond acceptors (Lipinski definition) is 0. The summed E-state index contributed by atoms with van der Waals surface area (Å²) in [6.07, 6.45) is 12.3. The smallest absolute Gasteiger partial charge is 0.0169 e. The molecule has 0 aromatic rings. The van der Waals surface area contributed by atoms with E-state index in [-0.39, 0.29) is 0 Å². The van der Waals surface area contributed by atoms with Crippen molar-refractivity contribution >= 4 is 0 Å². The van der Waals surface area contributed by atoms with Gasteiger partial charge in [0.1, 0.15) is 0 Å². The maximum Gasteiger partial charge on any atom is -0.0169 e. The highest BCUT2D eigenvalue weighted by molar-refractivity contribution is 4.90. The molecule has 0 aliphatic carbocycles. The Bertz CT molecular complexity index is 88.2. The maximum absolute atomic E-state index is 2.24. The van der Waals surface area contributed by atoms with Gasteiger partial charge in [-0.25, -0.2) is 0 Å². The van der Waals surface area contributed by atoms with E-state index in [0.717, 1.165) is 6.42 Å². The molecule has 0 atom stereocenters. The van der Waals surface area contributed by atoms with Gasteiger partial charge in [0.25, 0.3) is 0 Å². The minimum atomic E-state index is 1.09. The Morgan fingerprint density at radius 3 is 2.44 bits per heavy atom. The van der Waals surface area contributed by atoms with E-state index in [2.05, 4.69) is 31.2 Å². The molecule has 0 fully saturated rings. The van der Waals surface area contributed by atoms with Gasteiger partial charge in [0.15, 0.2) is 0 Å². The quantitative estimate of drug-likeness (QED) is 0.504. The van der Waals surface area contributed by atoms with E-state index in [0.29, 0.717) is 0 Å². The van der Waals surface area contributed by atoms with Crippen LogP contribution < -0.4 is 0 Å². The molecule has 0 spiro atoms. The molecule has 0 amide bonds. The number of allylic oxidation sites excluding steroid dienone is 4. The minimum Gasteiger partial charge on any atom is -0.0914 e. The summed E-state index contributed by atoms with van der Waals surface area (Å²) in [6, 6.07) is 0. The van der Waals surface area contributed by atoms with E-state index >= 15 is 0 Å². The van der Waals surface area contributed by atoms with Crippen molar-refractivity contribution in [2.24, 2.45) is 0 Å². The lowest BCUT2D eigenvalue weighted by Crippen LogP contribution is -1.61. The molecule has 0 radical (unpaired) electrons.